The van der Waals surface area contributed by atoms with Gasteiger partial charge in [0.25, 0.3) is 0 Å². The normalized spacial score (nSPS) is 23.9. The zero-order valence-corrected chi connectivity index (χ0v) is 9.74. The number of carbonyl (C=O) groups is 1. The largest absolute Gasteiger partial charge is 0.430 e. The standard InChI is InChI=1S/C12H11BrO2/c13-8-10-6-7-11(12(14)15-10)9-4-2-1-3-5-9/h1-5,8,11H,6-7H2/b10-8-/t11-/m1/s1. The minimum absolute atomic E-state index is 0.109. The Morgan fingerprint density at radius 1 is 1.33 bits per heavy atom. The molecule has 1 aromatic carbocycles. The molecule has 1 aliphatic rings. The second-order valence-corrected chi connectivity index (χ2v) is 3.96. The van der Waals surface area contributed by atoms with Crippen LogP contribution in [-0.2, 0) is 9.53 Å². The van der Waals surface area contributed by atoms with E-state index in [1.54, 1.807) is 4.99 Å². The van der Waals surface area contributed by atoms with Crippen LogP contribution in [0.4, 0.5) is 0 Å². The molecule has 1 heterocycles. The van der Waals surface area contributed by atoms with E-state index in [9.17, 15) is 4.79 Å². The Labute approximate surface area is 97.1 Å². The Morgan fingerprint density at radius 3 is 2.67 bits per heavy atom. The Balaban J connectivity index is 2.17. The molecule has 0 unspecified atom stereocenters. The van der Waals surface area contributed by atoms with Crippen LogP contribution in [-0.4, -0.2) is 5.97 Å². The average Bonchev–Trinajstić information content (AvgIpc) is 2.30. The molecule has 1 fully saturated rings. The first-order chi connectivity index (χ1) is 7.31. The van der Waals surface area contributed by atoms with Gasteiger partial charge in [0.05, 0.1) is 5.92 Å². The molecule has 1 aromatic rings. The van der Waals surface area contributed by atoms with Crippen LogP contribution < -0.4 is 0 Å². The molecule has 0 spiro atoms. The van der Waals surface area contributed by atoms with Crippen molar-refractivity contribution < 1.29 is 9.53 Å². The topological polar surface area (TPSA) is 26.3 Å². The minimum atomic E-state index is -0.154. The van der Waals surface area contributed by atoms with Crippen LogP contribution in [0, 0.1) is 0 Å². The SMILES string of the molecule is O=C1O/C(=C\Br)CC[C@@H]1c1ccccc1. The molecule has 1 saturated heterocycles. The number of rotatable bonds is 1. The van der Waals surface area contributed by atoms with Crippen LogP contribution in [0.15, 0.2) is 41.1 Å². The van der Waals surface area contributed by atoms with Gasteiger partial charge in [0.15, 0.2) is 0 Å². The molecule has 0 aliphatic carbocycles. The molecule has 2 nitrogen and oxygen atoms in total. The lowest BCUT2D eigenvalue weighted by molar-refractivity contribution is -0.143. The number of benzene rings is 1. The molecule has 1 aliphatic heterocycles. The molecule has 0 N–H and O–H groups in total. The summed E-state index contributed by atoms with van der Waals surface area (Å²) in [7, 11) is 0. The van der Waals surface area contributed by atoms with E-state index in [0.29, 0.717) is 5.76 Å². The highest BCUT2D eigenvalue weighted by Crippen LogP contribution is 2.31. The summed E-state index contributed by atoms with van der Waals surface area (Å²) < 4.78 is 5.18. The Hall–Kier alpha value is -1.09. The predicted octanol–water partition coefficient (Wildman–Crippen LogP) is 3.34. The van der Waals surface area contributed by atoms with Gasteiger partial charge in [-0.1, -0.05) is 46.3 Å². The summed E-state index contributed by atoms with van der Waals surface area (Å²) in [5.41, 5.74) is 1.04. The highest BCUT2D eigenvalue weighted by atomic mass is 79.9. The lowest BCUT2D eigenvalue weighted by Crippen LogP contribution is -2.20. The third-order valence-corrected chi connectivity index (χ3v) is 3.03. The van der Waals surface area contributed by atoms with Crippen LogP contribution in [0.2, 0.25) is 0 Å². The lowest BCUT2D eigenvalue weighted by Gasteiger charge is -2.22. The lowest BCUT2D eigenvalue weighted by atomic mass is 9.92. The molecule has 1 atom stereocenters. The molecule has 0 aromatic heterocycles. The Bertz CT molecular complexity index is 384. The van der Waals surface area contributed by atoms with Crippen LogP contribution in [0.25, 0.3) is 0 Å². The first kappa shape index (κ1) is 10.4. The van der Waals surface area contributed by atoms with Crippen molar-refractivity contribution in [1.82, 2.24) is 0 Å². The molecule has 0 saturated carbocycles. The van der Waals surface area contributed by atoms with E-state index in [1.165, 1.54) is 0 Å². The van der Waals surface area contributed by atoms with Crippen molar-refractivity contribution in [3.8, 4) is 0 Å². The molecule has 0 bridgehead atoms. The van der Waals surface area contributed by atoms with E-state index >= 15 is 0 Å². The number of carbonyl (C=O) groups excluding carboxylic acids is 1. The quantitative estimate of drug-likeness (QED) is 0.729. The number of hydrogen-bond donors (Lipinski definition) is 0. The minimum Gasteiger partial charge on any atom is -0.430 e. The van der Waals surface area contributed by atoms with Crippen LogP contribution >= 0.6 is 15.9 Å². The second-order valence-electron chi connectivity index (χ2n) is 3.50. The van der Waals surface area contributed by atoms with Crippen molar-refractivity contribution in [3.05, 3.63) is 46.6 Å². The van der Waals surface area contributed by atoms with Crippen LogP contribution in [0.3, 0.4) is 0 Å². The number of cyclic esters (lactones) is 1. The van der Waals surface area contributed by atoms with E-state index in [0.717, 1.165) is 18.4 Å². The van der Waals surface area contributed by atoms with Crippen molar-refractivity contribution in [2.75, 3.05) is 0 Å². The number of esters is 1. The van der Waals surface area contributed by atoms with E-state index in [2.05, 4.69) is 15.9 Å². The molecular formula is C12H11BrO2. The first-order valence-corrected chi connectivity index (χ1v) is 5.78. The van der Waals surface area contributed by atoms with Crippen LogP contribution in [0.1, 0.15) is 24.3 Å². The molecule has 0 amide bonds. The zero-order valence-electron chi connectivity index (χ0n) is 8.15. The third kappa shape index (κ3) is 2.29. The summed E-state index contributed by atoms with van der Waals surface area (Å²) in [6, 6.07) is 9.77. The summed E-state index contributed by atoms with van der Waals surface area (Å²) in [4.78, 5) is 13.4. The number of allylic oxidation sites excluding steroid dienone is 1. The number of ether oxygens (including phenoxy) is 1. The fourth-order valence-electron chi connectivity index (χ4n) is 1.72. The monoisotopic (exact) mass is 266 g/mol. The molecule has 3 heteroatoms. The Kier molecular flexibility index (Phi) is 3.21. The van der Waals surface area contributed by atoms with Gasteiger partial charge in [-0.25, -0.2) is 0 Å². The van der Waals surface area contributed by atoms with Crippen molar-refractivity contribution in [2.24, 2.45) is 0 Å². The smallest absolute Gasteiger partial charge is 0.318 e. The average molecular weight is 267 g/mol. The van der Waals surface area contributed by atoms with Gasteiger partial charge in [-0.15, -0.1) is 0 Å². The van der Waals surface area contributed by atoms with Crippen molar-refractivity contribution in [1.29, 1.82) is 0 Å². The van der Waals surface area contributed by atoms with Gasteiger partial charge in [-0.05, 0) is 12.0 Å². The van der Waals surface area contributed by atoms with Crippen molar-refractivity contribution >= 4 is 21.9 Å². The summed E-state index contributed by atoms with van der Waals surface area (Å²) in [6.07, 6.45) is 1.62. The van der Waals surface area contributed by atoms with Gasteiger partial charge in [0.2, 0.25) is 0 Å². The van der Waals surface area contributed by atoms with Gasteiger partial charge >= 0.3 is 5.97 Å². The molecule has 78 valence electrons. The second kappa shape index (κ2) is 4.62. The molecule has 0 radical (unpaired) electrons. The van der Waals surface area contributed by atoms with E-state index in [4.69, 9.17) is 4.74 Å². The van der Waals surface area contributed by atoms with E-state index in [-0.39, 0.29) is 11.9 Å². The fourth-order valence-corrected chi connectivity index (χ4v) is 2.04. The van der Waals surface area contributed by atoms with E-state index in [1.807, 2.05) is 30.3 Å². The summed E-state index contributed by atoms with van der Waals surface area (Å²) in [6.45, 7) is 0. The van der Waals surface area contributed by atoms with Gasteiger partial charge in [-0.3, -0.25) is 4.79 Å². The summed E-state index contributed by atoms with van der Waals surface area (Å²) in [5.74, 6) is 0.452. The highest BCUT2D eigenvalue weighted by Gasteiger charge is 2.27. The van der Waals surface area contributed by atoms with E-state index < -0.39 is 0 Å². The maximum atomic E-state index is 11.7. The maximum Gasteiger partial charge on any atom is 0.318 e. The fraction of sp³-hybridized carbons (Fsp3) is 0.250. The summed E-state index contributed by atoms with van der Waals surface area (Å²) in [5, 5.41) is 0. The molecule has 2 rings (SSSR count). The zero-order chi connectivity index (χ0) is 10.7. The van der Waals surface area contributed by atoms with Gasteiger partial charge in [-0.2, -0.15) is 0 Å². The van der Waals surface area contributed by atoms with Crippen molar-refractivity contribution in [3.63, 3.8) is 0 Å². The van der Waals surface area contributed by atoms with Crippen molar-refractivity contribution in [2.45, 2.75) is 18.8 Å². The third-order valence-electron chi connectivity index (χ3n) is 2.52. The number of hydrogen-bond acceptors (Lipinski definition) is 2. The summed E-state index contributed by atoms with van der Waals surface area (Å²) >= 11 is 3.18. The number of halogens is 1. The van der Waals surface area contributed by atoms with Gasteiger partial charge in [0, 0.05) is 11.4 Å². The van der Waals surface area contributed by atoms with Crippen LogP contribution in [0.5, 0.6) is 0 Å². The Morgan fingerprint density at radius 2 is 2.07 bits per heavy atom. The highest BCUT2D eigenvalue weighted by molar-refractivity contribution is 9.11. The predicted molar refractivity (Wildman–Crippen MR) is 61.5 cm³/mol. The molecular weight excluding hydrogens is 256 g/mol. The van der Waals surface area contributed by atoms with Gasteiger partial charge in [0.1, 0.15) is 5.76 Å². The first-order valence-electron chi connectivity index (χ1n) is 4.87. The molecule has 15 heavy (non-hydrogen) atoms. The van der Waals surface area contributed by atoms with Gasteiger partial charge < -0.3 is 4.74 Å². The maximum absolute atomic E-state index is 11.7.